The highest BCUT2D eigenvalue weighted by molar-refractivity contribution is 5.93. The average Bonchev–Trinajstić information content (AvgIpc) is 3.22. The van der Waals surface area contributed by atoms with Crippen LogP contribution in [0.4, 0.5) is 0 Å². The topological polar surface area (TPSA) is 51.8 Å². The summed E-state index contributed by atoms with van der Waals surface area (Å²) in [6.07, 6.45) is 8.21. The molecule has 4 saturated carbocycles. The Hall–Kier alpha value is -1.76. The molecule has 4 aliphatic rings. The van der Waals surface area contributed by atoms with E-state index in [1.54, 1.807) is 0 Å². The number of esters is 1. The van der Waals surface area contributed by atoms with Gasteiger partial charge in [-0.05, 0) is 75.5 Å². The first-order valence-electron chi connectivity index (χ1n) is 11.2. The molecule has 4 fully saturated rings. The van der Waals surface area contributed by atoms with Gasteiger partial charge in [0.05, 0.1) is 23.8 Å². The summed E-state index contributed by atoms with van der Waals surface area (Å²) in [7, 11) is 5.72. The van der Waals surface area contributed by atoms with E-state index in [2.05, 4.69) is 22.6 Å². The minimum absolute atomic E-state index is 0. The highest BCUT2D eigenvalue weighted by Gasteiger charge is 2.52. The minimum atomic E-state index is -0.312. The first-order valence-corrected chi connectivity index (χ1v) is 11.2. The normalized spacial score (nSPS) is 28.2. The molecule has 0 N–H and O–H groups in total. The van der Waals surface area contributed by atoms with Crippen molar-refractivity contribution in [3.05, 3.63) is 35.7 Å². The summed E-state index contributed by atoms with van der Waals surface area (Å²) in [6, 6.07) is 8.13. The number of hydrogen-bond acceptors (Lipinski definition) is 4. The highest BCUT2D eigenvalue weighted by atomic mass is 35.5. The van der Waals surface area contributed by atoms with Crippen molar-refractivity contribution in [3.63, 3.8) is 0 Å². The number of fused-ring (bicyclic) bond motifs is 3. The molecule has 0 spiro atoms. The fraction of sp³-hybridized carbons (Fsp3) is 0.583. The number of rotatable bonds is 4. The van der Waals surface area contributed by atoms with E-state index in [0.29, 0.717) is 12.2 Å². The molecule has 8 heteroatoms. The number of carbonyl (C=O) groups is 1. The van der Waals surface area contributed by atoms with Gasteiger partial charge >= 0.3 is 5.97 Å². The summed E-state index contributed by atoms with van der Waals surface area (Å²) < 4.78 is 9.25. The van der Waals surface area contributed by atoms with Gasteiger partial charge in [-0.25, -0.2) is 9.78 Å². The summed E-state index contributed by atoms with van der Waals surface area (Å²) in [5.41, 5.74) is 3.73. The molecule has 174 valence electrons. The first kappa shape index (κ1) is 23.4. The van der Waals surface area contributed by atoms with Crippen LogP contribution in [0, 0.1) is 17.8 Å². The van der Waals surface area contributed by atoms with Crippen LogP contribution >= 0.6 is 24.8 Å². The number of aryl methyl sites for hydroxylation is 1. The zero-order valence-corrected chi connectivity index (χ0v) is 20.5. The van der Waals surface area contributed by atoms with Gasteiger partial charge in [-0.15, -0.1) is 24.8 Å². The van der Waals surface area contributed by atoms with Gasteiger partial charge in [-0.1, -0.05) is 12.1 Å². The third kappa shape index (κ3) is 3.25. The number of halogens is 2. The quantitative estimate of drug-likeness (QED) is 0.502. The molecular weight excluding hydrogens is 447 g/mol. The molecule has 0 radical (unpaired) electrons. The predicted molar refractivity (Wildman–Crippen MR) is 130 cm³/mol. The van der Waals surface area contributed by atoms with Crippen molar-refractivity contribution < 1.29 is 9.53 Å². The molecule has 4 aliphatic carbocycles. The largest absolute Gasteiger partial charge is 0.464 e. The van der Waals surface area contributed by atoms with E-state index in [0.717, 1.165) is 40.3 Å². The molecule has 3 aromatic rings. The molecule has 6 nitrogen and oxygen atoms in total. The zero-order chi connectivity index (χ0) is 20.6. The average molecular weight is 479 g/mol. The molecule has 0 unspecified atom stereocenters. The van der Waals surface area contributed by atoms with Gasteiger partial charge in [0.25, 0.3) is 0 Å². The Morgan fingerprint density at radius 2 is 1.66 bits per heavy atom. The third-order valence-electron chi connectivity index (χ3n) is 8.30. The molecule has 0 atom stereocenters. The van der Waals surface area contributed by atoms with Gasteiger partial charge in [0.2, 0.25) is 5.78 Å². The highest BCUT2D eigenvalue weighted by Crippen LogP contribution is 2.57. The van der Waals surface area contributed by atoms with E-state index in [1.165, 1.54) is 45.6 Å². The number of methoxy groups -OCH3 is 1. The number of para-hydroxylation sites is 2. The van der Waals surface area contributed by atoms with Crippen LogP contribution in [-0.4, -0.2) is 44.5 Å². The number of aromatic nitrogens is 3. The summed E-state index contributed by atoms with van der Waals surface area (Å²) >= 11 is 0. The van der Waals surface area contributed by atoms with Crippen LogP contribution in [0.25, 0.3) is 16.8 Å². The smallest absolute Gasteiger partial charge is 0.357 e. The van der Waals surface area contributed by atoms with Crippen molar-refractivity contribution in [1.82, 2.24) is 18.9 Å². The monoisotopic (exact) mass is 478 g/mol. The third-order valence-corrected chi connectivity index (χ3v) is 8.30. The van der Waals surface area contributed by atoms with Crippen LogP contribution < -0.4 is 0 Å². The maximum atomic E-state index is 12.9. The van der Waals surface area contributed by atoms with Gasteiger partial charge in [0.15, 0.2) is 5.69 Å². The predicted octanol–water partition coefficient (Wildman–Crippen LogP) is 4.86. The molecular formula is C24H32Cl2N4O2. The molecule has 0 saturated heterocycles. The number of ether oxygens (including phenoxy) is 1. The molecule has 4 bridgehead atoms. The Kier molecular flexibility index (Phi) is 6.02. The summed E-state index contributed by atoms with van der Waals surface area (Å²) in [5, 5.41) is 0. The fourth-order valence-electron chi connectivity index (χ4n) is 7.29. The number of imidazole rings is 2. The molecule has 32 heavy (non-hydrogen) atoms. The van der Waals surface area contributed by atoms with Gasteiger partial charge in [0.1, 0.15) is 0 Å². The lowest BCUT2D eigenvalue weighted by Gasteiger charge is -2.60. The summed E-state index contributed by atoms with van der Waals surface area (Å²) in [4.78, 5) is 20.4. The van der Waals surface area contributed by atoms with Crippen molar-refractivity contribution in [2.75, 3.05) is 14.2 Å². The Morgan fingerprint density at radius 3 is 2.22 bits per heavy atom. The molecule has 2 heterocycles. The van der Waals surface area contributed by atoms with Crippen LogP contribution in [0.2, 0.25) is 0 Å². The van der Waals surface area contributed by atoms with E-state index in [1.807, 2.05) is 29.6 Å². The van der Waals surface area contributed by atoms with Gasteiger partial charge in [0, 0.05) is 19.1 Å². The van der Waals surface area contributed by atoms with E-state index >= 15 is 0 Å². The van der Waals surface area contributed by atoms with Gasteiger partial charge in [-0.2, -0.15) is 0 Å². The lowest BCUT2D eigenvalue weighted by atomic mass is 9.52. The molecule has 1 aromatic carbocycles. The standard InChI is InChI=1S/C24H30N4O2.2ClH/c1-26(24-11-15-8-16(12-24)10-17(9-15)13-24)14-18-21(22(29)30-3)28-20-7-5-4-6-19(20)27(2)23(28)25-18;;/h4-7,15-17H,8-14H2,1-3H3;2*1H. The maximum Gasteiger partial charge on any atom is 0.357 e. The second-order valence-corrected chi connectivity index (χ2v) is 10.1. The Morgan fingerprint density at radius 1 is 1.09 bits per heavy atom. The van der Waals surface area contributed by atoms with E-state index in [9.17, 15) is 4.79 Å². The Bertz CT molecular complexity index is 1130. The number of nitrogens with zero attached hydrogens (tertiary/aromatic N) is 4. The van der Waals surface area contributed by atoms with Crippen molar-refractivity contribution >= 4 is 47.6 Å². The van der Waals surface area contributed by atoms with Crippen molar-refractivity contribution in [3.8, 4) is 0 Å². The molecule has 7 rings (SSSR count). The maximum absolute atomic E-state index is 12.9. The lowest BCUT2D eigenvalue weighted by molar-refractivity contribution is -0.0825. The molecule has 2 aromatic heterocycles. The van der Waals surface area contributed by atoms with Crippen LogP contribution in [-0.2, 0) is 18.3 Å². The zero-order valence-electron chi connectivity index (χ0n) is 18.9. The van der Waals surface area contributed by atoms with E-state index < -0.39 is 0 Å². The summed E-state index contributed by atoms with van der Waals surface area (Å²) in [5.74, 6) is 3.16. The minimum Gasteiger partial charge on any atom is -0.464 e. The second-order valence-electron chi connectivity index (χ2n) is 10.1. The summed E-state index contributed by atoms with van der Waals surface area (Å²) in [6.45, 7) is 0.687. The lowest BCUT2D eigenvalue weighted by Crippen LogP contribution is -2.58. The van der Waals surface area contributed by atoms with E-state index in [-0.39, 0.29) is 36.3 Å². The van der Waals surface area contributed by atoms with Crippen molar-refractivity contribution in [2.24, 2.45) is 24.8 Å². The van der Waals surface area contributed by atoms with Crippen LogP contribution in [0.1, 0.15) is 54.7 Å². The molecule has 0 aliphatic heterocycles. The Balaban J connectivity index is 0.00000122. The van der Waals surface area contributed by atoms with Crippen LogP contribution in [0.15, 0.2) is 24.3 Å². The molecule has 0 amide bonds. The van der Waals surface area contributed by atoms with Crippen LogP contribution in [0.3, 0.4) is 0 Å². The first-order chi connectivity index (χ1) is 14.5. The van der Waals surface area contributed by atoms with Crippen molar-refractivity contribution in [2.45, 2.75) is 50.6 Å². The number of benzene rings is 1. The number of hydrogen-bond donors (Lipinski definition) is 0. The van der Waals surface area contributed by atoms with Gasteiger partial charge < -0.3 is 9.30 Å². The van der Waals surface area contributed by atoms with Gasteiger partial charge in [-0.3, -0.25) is 9.30 Å². The fourth-order valence-corrected chi connectivity index (χ4v) is 7.29. The second kappa shape index (κ2) is 8.23. The van der Waals surface area contributed by atoms with Crippen molar-refractivity contribution in [1.29, 1.82) is 0 Å². The van der Waals surface area contributed by atoms with E-state index in [4.69, 9.17) is 9.72 Å². The van der Waals surface area contributed by atoms with Crippen LogP contribution in [0.5, 0.6) is 0 Å². The number of carbonyl (C=O) groups excluding carboxylic acids is 1. The SMILES string of the molecule is COC(=O)c1c(CN(C)C23CC4CC(CC(C4)C2)C3)nc2n(C)c3ccccc3n12.Cl.Cl. The Labute approximate surface area is 201 Å².